The lowest BCUT2D eigenvalue weighted by Gasteiger charge is -2.30. The number of ether oxygens (including phenoxy) is 2. The molecule has 0 unspecified atom stereocenters. The average Bonchev–Trinajstić information content (AvgIpc) is 3.14. The van der Waals surface area contributed by atoms with Crippen LogP contribution in [0, 0.1) is 0 Å². The first kappa shape index (κ1) is 22.1. The number of hydrogen-bond donors (Lipinski definition) is 1. The number of hydrogen-bond acceptors (Lipinski definition) is 7. The number of carbonyl (C=O) groups excluding carboxylic acids is 2. The Morgan fingerprint density at radius 2 is 1.76 bits per heavy atom. The lowest BCUT2D eigenvalue weighted by atomic mass is 10.1. The van der Waals surface area contributed by atoms with E-state index in [0.717, 1.165) is 44.0 Å². The summed E-state index contributed by atoms with van der Waals surface area (Å²) in [5, 5.41) is 2.62. The van der Waals surface area contributed by atoms with Crippen LogP contribution < -0.4 is 15.0 Å². The van der Waals surface area contributed by atoms with E-state index >= 15 is 0 Å². The molecule has 0 aromatic heterocycles. The van der Waals surface area contributed by atoms with E-state index in [0.29, 0.717) is 27.2 Å². The van der Waals surface area contributed by atoms with Crippen LogP contribution in [0.15, 0.2) is 47.4 Å². The molecule has 2 aromatic rings. The predicted octanol–water partition coefficient (Wildman–Crippen LogP) is 2.93. The predicted molar refractivity (Wildman–Crippen MR) is 132 cm³/mol. The van der Waals surface area contributed by atoms with E-state index < -0.39 is 0 Å². The second-order valence-corrected chi connectivity index (χ2v) is 9.77. The average molecular weight is 482 g/mol. The standard InChI is InChI=1S/C24H23N3O4S2/c28-22-15-31-20-6-5-18(12-21-23(29)25-24(32)33-21)11-19(20)27(22)14-17-3-1-16(2-4-17)13-26-7-9-30-10-8-26/h1-6,11-12H,7-10,13-15H2,(H,25,29,32)/b21-12+. The molecule has 2 fully saturated rings. The minimum atomic E-state index is -0.205. The van der Waals surface area contributed by atoms with Crippen LogP contribution in [0.2, 0.25) is 0 Å². The van der Waals surface area contributed by atoms with E-state index in [2.05, 4.69) is 34.5 Å². The Balaban J connectivity index is 1.34. The molecule has 2 aromatic carbocycles. The number of rotatable bonds is 5. The first-order valence-electron chi connectivity index (χ1n) is 10.8. The number of morpholine rings is 1. The molecule has 170 valence electrons. The Labute approximate surface area is 201 Å². The van der Waals surface area contributed by atoms with E-state index in [4.69, 9.17) is 21.7 Å². The number of fused-ring (bicyclic) bond motifs is 1. The highest BCUT2D eigenvalue weighted by Gasteiger charge is 2.27. The van der Waals surface area contributed by atoms with Gasteiger partial charge < -0.3 is 19.7 Å². The fraction of sp³-hybridized carbons (Fsp3) is 0.292. The number of benzene rings is 2. The summed E-state index contributed by atoms with van der Waals surface area (Å²) in [4.78, 5) is 29.4. The summed E-state index contributed by atoms with van der Waals surface area (Å²) in [6.07, 6.45) is 1.78. The maximum absolute atomic E-state index is 12.7. The molecule has 0 bridgehead atoms. The molecule has 3 aliphatic heterocycles. The Kier molecular flexibility index (Phi) is 6.45. The van der Waals surface area contributed by atoms with Crippen LogP contribution in [-0.4, -0.2) is 53.9 Å². The van der Waals surface area contributed by atoms with Crippen LogP contribution in [0.1, 0.15) is 16.7 Å². The zero-order chi connectivity index (χ0) is 22.8. The normalized spacial score (nSPS) is 20.1. The van der Waals surface area contributed by atoms with Crippen molar-refractivity contribution in [2.24, 2.45) is 0 Å². The van der Waals surface area contributed by atoms with Crippen molar-refractivity contribution in [3.8, 4) is 5.75 Å². The van der Waals surface area contributed by atoms with E-state index in [1.807, 2.05) is 18.2 Å². The molecule has 1 N–H and O–H groups in total. The van der Waals surface area contributed by atoms with E-state index in [-0.39, 0.29) is 18.4 Å². The second kappa shape index (κ2) is 9.64. The van der Waals surface area contributed by atoms with Crippen molar-refractivity contribution in [2.75, 3.05) is 37.8 Å². The Morgan fingerprint density at radius 1 is 1.03 bits per heavy atom. The summed E-state index contributed by atoms with van der Waals surface area (Å²) < 4.78 is 11.5. The molecule has 0 atom stereocenters. The summed E-state index contributed by atoms with van der Waals surface area (Å²) in [6.45, 7) is 4.82. The van der Waals surface area contributed by atoms with Gasteiger partial charge in [0.15, 0.2) is 6.61 Å². The van der Waals surface area contributed by atoms with Gasteiger partial charge in [-0.2, -0.15) is 0 Å². The molecule has 0 saturated carbocycles. The van der Waals surface area contributed by atoms with Gasteiger partial charge in [-0.05, 0) is 34.9 Å². The maximum Gasteiger partial charge on any atom is 0.265 e. The number of nitrogens with zero attached hydrogens (tertiary/aromatic N) is 2. The number of thioether (sulfide) groups is 1. The first-order chi connectivity index (χ1) is 16.0. The van der Waals surface area contributed by atoms with Crippen molar-refractivity contribution in [2.45, 2.75) is 13.1 Å². The third-order valence-corrected chi connectivity index (χ3v) is 6.90. The Hall–Kier alpha value is -2.72. The number of nitrogens with one attached hydrogen (secondary N) is 1. The number of amides is 2. The molecular weight excluding hydrogens is 458 g/mol. The van der Waals surface area contributed by atoms with E-state index in [1.54, 1.807) is 11.0 Å². The SMILES string of the molecule is O=C1NC(=S)S/C1=C/c1ccc2c(c1)N(Cc1ccc(CN3CCOCC3)cc1)C(=O)CO2. The van der Waals surface area contributed by atoms with Gasteiger partial charge >= 0.3 is 0 Å². The Morgan fingerprint density at radius 3 is 2.45 bits per heavy atom. The lowest BCUT2D eigenvalue weighted by Crippen LogP contribution is -2.38. The van der Waals surface area contributed by atoms with Gasteiger partial charge in [0.1, 0.15) is 10.1 Å². The summed E-state index contributed by atoms with van der Waals surface area (Å²) in [5.74, 6) is 0.350. The molecule has 9 heteroatoms. The molecule has 2 amide bonds. The van der Waals surface area contributed by atoms with Crippen molar-refractivity contribution in [3.63, 3.8) is 0 Å². The van der Waals surface area contributed by atoms with Crippen molar-refractivity contribution >= 4 is 51.9 Å². The van der Waals surface area contributed by atoms with E-state index in [1.165, 1.54) is 17.3 Å². The molecule has 3 aliphatic rings. The molecule has 3 heterocycles. The first-order valence-corrected chi connectivity index (χ1v) is 12.0. The maximum atomic E-state index is 12.7. The zero-order valence-corrected chi connectivity index (χ0v) is 19.5. The number of anilines is 1. The highest BCUT2D eigenvalue weighted by atomic mass is 32.2. The van der Waals surface area contributed by atoms with Crippen LogP contribution in [0.4, 0.5) is 5.69 Å². The quantitative estimate of drug-likeness (QED) is 0.520. The molecule has 0 radical (unpaired) electrons. The van der Waals surface area contributed by atoms with Crippen molar-refractivity contribution in [3.05, 3.63) is 64.1 Å². The smallest absolute Gasteiger partial charge is 0.265 e. The summed E-state index contributed by atoms with van der Waals surface area (Å²) in [7, 11) is 0. The minimum Gasteiger partial charge on any atom is -0.482 e. The fourth-order valence-electron chi connectivity index (χ4n) is 4.00. The van der Waals surface area contributed by atoms with Crippen molar-refractivity contribution in [1.29, 1.82) is 0 Å². The van der Waals surface area contributed by atoms with Crippen LogP contribution in [0.5, 0.6) is 5.75 Å². The number of thiocarbonyl (C=S) groups is 1. The summed E-state index contributed by atoms with van der Waals surface area (Å²) >= 11 is 6.29. The van der Waals surface area contributed by atoms with Gasteiger partial charge in [0, 0.05) is 19.6 Å². The van der Waals surface area contributed by atoms with Gasteiger partial charge in [-0.1, -0.05) is 54.3 Å². The van der Waals surface area contributed by atoms with Gasteiger partial charge in [0.05, 0.1) is 30.4 Å². The van der Waals surface area contributed by atoms with Gasteiger partial charge in [0.2, 0.25) is 0 Å². The third-order valence-electron chi connectivity index (χ3n) is 5.74. The van der Waals surface area contributed by atoms with Crippen molar-refractivity contribution in [1.82, 2.24) is 10.2 Å². The van der Waals surface area contributed by atoms with Crippen LogP contribution >= 0.6 is 24.0 Å². The number of carbonyl (C=O) groups is 2. The molecule has 7 nitrogen and oxygen atoms in total. The zero-order valence-electron chi connectivity index (χ0n) is 17.9. The van der Waals surface area contributed by atoms with Crippen LogP contribution in [-0.2, 0) is 27.4 Å². The largest absolute Gasteiger partial charge is 0.482 e. The highest BCUT2D eigenvalue weighted by molar-refractivity contribution is 8.26. The summed E-state index contributed by atoms with van der Waals surface area (Å²) in [5.41, 5.74) is 3.79. The molecule has 2 saturated heterocycles. The Bertz CT molecular complexity index is 1130. The van der Waals surface area contributed by atoms with Crippen LogP contribution in [0.25, 0.3) is 6.08 Å². The van der Waals surface area contributed by atoms with Gasteiger partial charge in [-0.25, -0.2) is 0 Å². The van der Waals surface area contributed by atoms with Crippen LogP contribution in [0.3, 0.4) is 0 Å². The fourth-order valence-corrected chi connectivity index (χ4v) is 5.05. The van der Waals surface area contributed by atoms with E-state index in [9.17, 15) is 9.59 Å². The topological polar surface area (TPSA) is 71.1 Å². The highest BCUT2D eigenvalue weighted by Crippen LogP contribution is 2.35. The lowest BCUT2D eigenvalue weighted by molar-refractivity contribution is -0.121. The van der Waals surface area contributed by atoms with Gasteiger partial charge in [0.25, 0.3) is 11.8 Å². The third kappa shape index (κ3) is 5.11. The van der Waals surface area contributed by atoms with Crippen molar-refractivity contribution < 1.29 is 19.1 Å². The monoisotopic (exact) mass is 481 g/mol. The molecule has 0 spiro atoms. The van der Waals surface area contributed by atoms with Gasteiger partial charge in [-0.3, -0.25) is 14.5 Å². The molecule has 5 rings (SSSR count). The molecular formula is C24H23N3O4S2. The van der Waals surface area contributed by atoms with Gasteiger partial charge in [-0.15, -0.1) is 0 Å². The molecule has 33 heavy (non-hydrogen) atoms. The molecule has 0 aliphatic carbocycles. The minimum absolute atomic E-state index is 0.00901. The summed E-state index contributed by atoms with van der Waals surface area (Å²) in [6, 6.07) is 14.0. The second-order valence-electron chi connectivity index (χ2n) is 8.05.